The van der Waals surface area contributed by atoms with Crippen LogP contribution in [0.1, 0.15) is 17.3 Å². The number of nitrogens with one attached hydrogen (secondary N) is 1. The Morgan fingerprint density at radius 1 is 1.53 bits per heavy atom. The van der Waals surface area contributed by atoms with Crippen molar-refractivity contribution in [3.63, 3.8) is 0 Å². The second-order valence-electron chi connectivity index (χ2n) is 3.28. The number of H-pyrrole nitrogens is 1. The summed E-state index contributed by atoms with van der Waals surface area (Å²) in [6.07, 6.45) is 1.28. The Labute approximate surface area is 101 Å². The molecule has 0 fully saturated rings. The van der Waals surface area contributed by atoms with Gasteiger partial charge in [-0.2, -0.15) is 0 Å². The molecule has 5 nitrogen and oxygen atoms in total. The minimum Gasteiger partial charge on any atom is -0.462 e. The lowest BCUT2D eigenvalue weighted by atomic mass is 10.2. The highest BCUT2D eigenvalue weighted by Gasteiger charge is 2.14. The molecular weight excluding hydrogens is 244 g/mol. The smallest absolute Gasteiger partial charge is 0.343 e. The van der Waals surface area contributed by atoms with Gasteiger partial charge in [0.25, 0.3) is 0 Å². The Morgan fingerprint density at radius 2 is 2.29 bits per heavy atom. The van der Waals surface area contributed by atoms with E-state index < -0.39 is 11.4 Å². The molecule has 0 bridgehead atoms. The lowest BCUT2D eigenvalue weighted by Crippen LogP contribution is -2.18. The number of hydrogen-bond donors (Lipinski definition) is 1. The van der Waals surface area contributed by atoms with Gasteiger partial charge in [-0.1, -0.05) is 11.6 Å². The summed E-state index contributed by atoms with van der Waals surface area (Å²) < 4.78 is 4.78. The van der Waals surface area contributed by atoms with Gasteiger partial charge >= 0.3 is 5.97 Å². The summed E-state index contributed by atoms with van der Waals surface area (Å²) in [7, 11) is 0. The number of pyridine rings is 2. The third kappa shape index (κ3) is 2.14. The molecule has 1 N–H and O–H groups in total. The molecule has 0 atom stereocenters. The number of ether oxygens (including phenoxy) is 1. The number of aromatic amines is 1. The van der Waals surface area contributed by atoms with Gasteiger partial charge in [-0.05, 0) is 19.1 Å². The van der Waals surface area contributed by atoms with Crippen LogP contribution in [-0.2, 0) is 4.74 Å². The summed E-state index contributed by atoms with van der Waals surface area (Å²) in [5.74, 6) is -0.648. The molecule has 2 rings (SSSR count). The molecule has 17 heavy (non-hydrogen) atoms. The van der Waals surface area contributed by atoms with Crippen molar-refractivity contribution in [2.45, 2.75) is 6.92 Å². The van der Waals surface area contributed by atoms with Crippen LogP contribution < -0.4 is 5.43 Å². The first-order valence-corrected chi connectivity index (χ1v) is 5.36. The number of esters is 1. The monoisotopic (exact) mass is 252 g/mol. The van der Waals surface area contributed by atoms with Gasteiger partial charge in [0.1, 0.15) is 16.4 Å². The number of rotatable bonds is 2. The number of carbonyl (C=O) groups excluding carboxylic acids is 1. The highest BCUT2D eigenvalue weighted by molar-refractivity contribution is 6.29. The number of nitrogens with zero attached hydrogens (tertiary/aromatic N) is 1. The van der Waals surface area contributed by atoms with Crippen LogP contribution in [0.15, 0.2) is 23.1 Å². The van der Waals surface area contributed by atoms with E-state index in [1.54, 1.807) is 6.92 Å². The Morgan fingerprint density at radius 3 is 3.00 bits per heavy atom. The van der Waals surface area contributed by atoms with E-state index in [2.05, 4.69) is 9.97 Å². The second kappa shape index (κ2) is 4.55. The fourth-order valence-electron chi connectivity index (χ4n) is 1.44. The second-order valence-corrected chi connectivity index (χ2v) is 3.67. The van der Waals surface area contributed by atoms with Gasteiger partial charge in [0.15, 0.2) is 0 Å². The van der Waals surface area contributed by atoms with E-state index in [-0.39, 0.29) is 17.3 Å². The average Bonchev–Trinajstić information content (AvgIpc) is 2.29. The van der Waals surface area contributed by atoms with E-state index in [0.29, 0.717) is 11.0 Å². The maximum Gasteiger partial charge on any atom is 0.343 e. The molecule has 2 aromatic rings. The van der Waals surface area contributed by atoms with Gasteiger partial charge in [0.05, 0.1) is 12.0 Å². The van der Waals surface area contributed by atoms with Crippen molar-refractivity contribution >= 4 is 28.6 Å². The van der Waals surface area contributed by atoms with E-state index >= 15 is 0 Å². The molecule has 0 aromatic carbocycles. The summed E-state index contributed by atoms with van der Waals surface area (Å²) in [5.41, 5.74) is -0.111. The molecule has 2 heterocycles. The van der Waals surface area contributed by atoms with E-state index in [1.807, 2.05) is 0 Å². The zero-order chi connectivity index (χ0) is 12.4. The first kappa shape index (κ1) is 11.6. The molecule has 88 valence electrons. The van der Waals surface area contributed by atoms with Crippen molar-refractivity contribution in [3.05, 3.63) is 39.3 Å². The first-order valence-electron chi connectivity index (χ1n) is 4.98. The Kier molecular flexibility index (Phi) is 3.10. The number of fused-ring (bicyclic) bond motifs is 1. The molecule has 0 radical (unpaired) electrons. The summed E-state index contributed by atoms with van der Waals surface area (Å²) in [6, 6.07) is 3.01. The molecule has 0 unspecified atom stereocenters. The van der Waals surface area contributed by atoms with Gasteiger partial charge in [-0.3, -0.25) is 4.79 Å². The Bertz CT molecular complexity index is 636. The molecule has 6 heteroatoms. The average molecular weight is 253 g/mol. The highest BCUT2D eigenvalue weighted by Crippen LogP contribution is 2.10. The highest BCUT2D eigenvalue weighted by atomic mass is 35.5. The van der Waals surface area contributed by atoms with Crippen LogP contribution in [0, 0.1) is 0 Å². The number of carbonyl (C=O) groups is 1. The topological polar surface area (TPSA) is 72.1 Å². The van der Waals surface area contributed by atoms with Gasteiger partial charge < -0.3 is 9.72 Å². The molecule has 0 aliphatic heterocycles. The van der Waals surface area contributed by atoms with Crippen LogP contribution in [0.2, 0.25) is 5.15 Å². The number of aromatic nitrogens is 2. The van der Waals surface area contributed by atoms with Gasteiger partial charge in [-0.25, -0.2) is 9.78 Å². The normalized spacial score (nSPS) is 10.5. The van der Waals surface area contributed by atoms with Crippen LogP contribution in [-0.4, -0.2) is 22.5 Å². The number of halogens is 1. The molecule has 0 amide bonds. The summed E-state index contributed by atoms with van der Waals surface area (Å²) in [6.45, 7) is 1.89. The van der Waals surface area contributed by atoms with Crippen LogP contribution in [0.3, 0.4) is 0 Å². The van der Waals surface area contributed by atoms with Crippen molar-refractivity contribution in [3.8, 4) is 0 Å². The number of hydrogen-bond acceptors (Lipinski definition) is 4. The van der Waals surface area contributed by atoms with Gasteiger partial charge in [0, 0.05) is 6.20 Å². The minimum absolute atomic E-state index is 0.0385. The fourth-order valence-corrected chi connectivity index (χ4v) is 1.59. The molecule has 2 aromatic heterocycles. The van der Waals surface area contributed by atoms with Gasteiger partial charge in [0.2, 0.25) is 5.43 Å². The standard InChI is InChI=1S/C11H9ClN2O3/c1-2-17-11(16)7-5-13-10-6(9(7)15)3-4-8(12)14-10/h3-5H,2H2,1H3,(H,13,14,15). The van der Waals surface area contributed by atoms with Crippen molar-refractivity contribution in [1.29, 1.82) is 0 Å². The molecule has 0 aliphatic rings. The van der Waals surface area contributed by atoms with Crippen molar-refractivity contribution < 1.29 is 9.53 Å². The van der Waals surface area contributed by atoms with Crippen LogP contribution in [0.5, 0.6) is 0 Å². The third-order valence-electron chi connectivity index (χ3n) is 2.20. The van der Waals surface area contributed by atoms with Crippen molar-refractivity contribution in [2.75, 3.05) is 6.61 Å². The van der Waals surface area contributed by atoms with Crippen molar-refractivity contribution in [1.82, 2.24) is 9.97 Å². The quantitative estimate of drug-likeness (QED) is 0.653. The van der Waals surface area contributed by atoms with Gasteiger partial charge in [-0.15, -0.1) is 0 Å². The third-order valence-corrected chi connectivity index (χ3v) is 2.41. The zero-order valence-electron chi connectivity index (χ0n) is 8.99. The van der Waals surface area contributed by atoms with Crippen LogP contribution in [0.25, 0.3) is 11.0 Å². The molecular formula is C11H9ClN2O3. The SMILES string of the molecule is CCOC(=O)c1c[nH]c2nc(Cl)ccc2c1=O. The summed E-state index contributed by atoms with van der Waals surface area (Å²) in [4.78, 5) is 30.1. The van der Waals surface area contributed by atoms with E-state index in [1.165, 1.54) is 18.3 Å². The van der Waals surface area contributed by atoms with Crippen LogP contribution >= 0.6 is 11.6 Å². The summed E-state index contributed by atoms with van der Waals surface area (Å²) >= 11 is 5.70. The molecule has 0 spiro atoms. The minimum atomic E-state index is -0.648. The lowest BCUT2D eigenvalue weighted by molar-refractivity contribution is 0.0524. The predicted molar refractivity (Wildman–Crippen MR) is 63.3 cm³/mol. The molecule has 0 aliphatic carbocycles. The molecule has 0 saturated heterocycles. The molecule has 0 saturated carbocycles. The maximum atomic E-state index is 12.0. The van der Waals surface area contributed by atoms with Crippen molar-refractivity contribution in [2.24, 2.45) is 0 Å². The van der Waals surface area contributed by atoms with E-state index in [0.717, 1.165) is 0 Å². The van der Waals surface area contributed by atoms with E-state index in [9.17, 15) is 9.59 Å². The lowest BCUT2D eigenvalue weighted by Gasteiger charge is -2.02. The van der Waals surface area contributed by atoms with E-state index in [4.69, 9.17) is 16.3 Å². The van der Waals surface area contributed by atoms with Crippen LogP contribution in [0.4, 0.5) is 0 Å². The maximum absolute atomic E-state index is 12.0. The summed E-state index contributed by atoms with van der Waals surface area (Å²) in [5, 5.41) is 0.581. The Balaban J connectivity index is 2.62. The fraction of sp³-hybridized carbons (Fsp3) is 0.182. The zero-order valence-corrected chi connectivity index (χ0v) is 9.75. The first-order chi connectivity index (χ1) is 8.13. The Hall–Kier alpha value is -1.88. The largest absolute Gasteiger partial charge is 0.462 e. The predicted octanol–water partition coefficient (Wildman–Crippen LogP) is 1.75.